The van der Waals surface area contributed by atoms with E-state index in [1.165, 1.54) is 4.90 Å². The summed E-state index contributed by atoms with van der Waals surface area (Å²) in [6, 6.07) is -0.271. The zero-order chi connectivity index (χ0) is 11.0. The molecule has 15 heavy (non-hydrogen) atoms. The largest absolute Gasteiger partial charge is 0.388 e. The fourth-order valence-electron chi connectivity index (χ4n) is 2.01. The molecule has 0 aromatic heterocycles. The minimum Gasteiger partial charge on any atom is -0.388 e. The first-order valence-corrected chi connectivity index (χ1v) is 5.08. The zero-order valence-electron chi connectivity index (χ0n) is 8.37. The predicted molar refractivity (Wildman–Crippen MR) is 50.9 cm³/mol. The Morgan fingerprint density at radius 2 is 1.87 bits per heavy atom. The van der Waals surface area contributed by atoms with E-state index >= 15 is 0 Å². The van der Waals surface area contributed by atoms with E-state index in [0.29, 0.717) is 13.2 Å². The number of carbonyl (C=O) groups excluding carboxylic acids is 1. The Hall–Kier alpha value is -0.690. The third-order valence-electron chi connectivity index (χ3n) is 3.01. The number of nitrogens with two attached hydrogens (primary N) is 1. The second-order valence-corrected chi connectivity index (χ2v) is 4.19. The van der Waals surface area contributed by atoms with Gasteiger partial charge in [0.1, 0.15) is 0 Å². The Morgan fingerprint density at radius 3 is 2.33 bits per heavy atom. The first-order valence-electron chi connectivity index (χ1n) is 5.08. The van der Waals surface area contributed by atoms with E-state index in [1.54, 1.807) is 0 Å². The molecule has 2 fully saturated rings. The third-order valence-corrected chi connectivity index (χ3v) is 3.01. The molecule has 0 aliphatic carbocycles. The highest BCUT2D eigenvalue weighted by molar-refractivity contribution is 5.80. The molecule has 0 aromatic carbocycles. The molecule has 6 nitrogen and oxygen atoms in total. The molecular formula is C9H16N2O4. The first kappa shape index (κ1) is 10.8. The van der Waals surface area contributed by atoms with Gasteiger partial charge in [-0.15, -0.1) is 0 Å². The van der Waals surface area contributed by atoms with E-state index in [0.717, 1.165) is 0 Å². The number of likely N-dealkylation sites (tertiary alicyclic amines) is 1. The van der Waals surface area contributed by atoms with Crippen LogP contribution in [0.2, 0.25) is 0 Å². The number of ether oxygens (including phenoxy) is 1. The van der Waals surface area contributed by atoms with E-state index < -0.39 is 12.2 Å². The lowest BCUT2D eigenvalue weighted by Gasteiger charge is -2.21. The Labute approximate surface area is 87.6 Å². The molecule has 0 radical (unpaired) electrons. The molecule has 2 unspecified atom stereocenters. The first-order chi connectivity index (χ1) is 7.09. The molecule has 0 bridgehead atoms. The van der Waals surface area contributed by atoms with Crippen LogP contribution in [0.5, 0.6) is 0 Å². The van der Waals surface area contributed by atoms with Gasteiger partial charge < -0.3 is 25.6 Å². The van der Waals surface area contributed by atoms with Crippen molar-refractivity contribution in [3.8, 4) is 0 Å². The van der Waals surface area contributed by atoms with Crippen LogP contribution < -0.4 is 5.73 Å². The van der Waals surface area contributed by atoms with Gasteiger partial charge in [-0.25, -0.2) is 0 Å². The summed E-state index contributed by atoms with van der Waals surface area (Å²) >= 11 is 0. The molecule has 0 saturated carbocycles. The van der Waals surface area contributed by atoms with E-state index in [9.17, 15) is 15.0 Å². The second-order valence-electron chi connectivity index (χ2n) is 4.19. The number of aliphatic hydroxyl groups is 2. The normalized spacial score (nSPS) is 41.1. The lowest BCUT2D eigenvalue weighted by Crippen LogP contribution is -2.43. The maximum Gasteiger partial charge on any atom is 0.229 e. The van der Waals surface area contributed by atoms with Gasteiger partial charge in [-0.2, -0.15) is 0 Å². The Morgan fingerprint density at radius 1 is 1.27 bits per heavy atom. The molecule has 6 heteroatoms. The second kappa shape index (κ2) is 4.05. The van der Waals surface area contributed by atoms with Crippen LogP contribution in [0.3, 0.4) is 0 Å². The highest BCUT2D eigenvalue weighted by atomic mass is 16.5. The van der Waals surface area contributed by atoms with Crippen LogP contribution in [-0.2, 0) is 9.53 Å². The number of aliphatic hydroxyl groups excluding tert-OH is 2. The highest BCUT2D eigenvalue weighted by Crippen LogP contribution is 2.19. The Kier molecular flexibility index (Phi) is 2.92. The van der Waals surface area contributed by atoms with Crippen molar-refractivity contribution in [3.05, 3.63) is 0 Å². The topological polar surface area (TPSA) is 96.0 Å². The van der Waals surface area contributed by atoms with E-state index in [4.69, 9.17) is 10.5 Å². The number of hydrogen-bond acceptors (Lipinski definition) is 5. The molecule has 1 amide bonds. The van der Waals surface area contributed by atoms with Gasteiger partial charge in [-0.1, -0.05) is 0 Å². The number of rotatable bonds is 1. The van der Waals surface area contributed by atoms with Crippen LogP contribution >= 0.6 is 0 Å². The lowest BCUT2D eigenvalue weighted by molar-refractivity contribution is -0.135. The predicted octanol–water partition coefficient (Wildman–Crippen LogP) is -2.48. The van der Waals surface area contributed by atoms with Crippen LogP contribution in [0, 0.1) is 5.92 Å². The molecule has 2 saturated heterocycles. The number of amides is 1. The number of carbonyl (C=O) groups is 1. The van der Waals surface area contributed by atoms with E-state index in [1.807, 2.05) is 0 Å². The van der Waals surface area contributed by atoms with Crippen molar-refractivity contribution in [2.45, 2.75) is 18.2 Å². The van der Waals surface area contributed by atoms with Crippen LogP contribution in [0.4, 0.5) is 0 Å². The summed E-state index contributed by atoms with van der Waals surface area (Å²) in [5.74, 6) is -0.460. The van der Waals surface area contributed by atoms with E-state index in [-0.39, 0.29) is 31.0 Å². The van der Waals surface area contributed by atoms with Crippen molar-refractivity contribution in [1.82, 2.24) is 4.90 Å². The lowest BCUT2D eigenvalue weighted by atomic mass is 10.0. The van der Waals surface area contributed by atoms with Crippen molar-refractivity contribution in [2.24, 2.45) is 11.7 Å². The summed E-state index contributed by atoms with van der Waals surface area (Å²) in [5, 5.41) is 18.6. The van der Waals surface area contributed by atoms with Crippen molar-refractivity contribution in [2.75, 3.05) is 26.3 Å². The Balaban J connectivity index is 1.97. The third kappa shape index (κ3) is 1.98. The van der Waals surface area contributed by atoms with Gasteiger partial charge in [-0.3, -0.25) is 4.79 Å². The SMILES string of the molecule is NC1COCC1C(=O)N1C[C@@H](O)[C@@H](O)C1. The average molecular weight is 216 g/mol. The number of hydrogen-bond donors (Lipinski definition) is 3. The minimum absolute atomic E-state index is 0.129. The van der Waals surface area contributed by atoms with Gasteiger partial charge in [0, 0.05) is 19.1 Å². The van der Waals surface area contributed by atoms with Crippen LogP contribution in [-0.4, -0.2) is 65.6 Å². The van der Waals surface area contributed by atoms with Gasteiger partial charge in [0.15, 0.2) is 0 Å². The summed E-state index contributed by atoms with van der Waals surface area (Å²) in [6.45, 7) is 1.10. The molecule has 4 N–H and O–H groups in total. The van der Waals surface area contributed by atoms with Gasteiger partial charge in [0.05, 0.1) is 31.3 Å². The fourth-order valence-corrected chi connectivity index (χ4v) is 2.01. The molecule has 86 valence electrons. The summed E-state index contributed by atoms with van der Waals surface area (Å²) in [5.41, 5.74) is 5.72. The van der Waals surface area contributed by atoms with Crippen molar-refractivity contribution in [3.63, 3.8) is 0 Å². The molecule has 2 aliphatic heterocycles. The quantitative estimate of drug-likeness (QED) is 0.451. The average Bonchev–Trinajstić information content (AvgIpc) is 2.74. The van der Waals surface area contributed by atoms with Crippen LogP contribution in [0.25, 0.3) is 0 Å². The molecule has 0 aromatic rings. The highest BCUT2D eigenvalue weighted by Gasteiger charge is 2.39. The maximum atomic E-state index is 11.9. The molecule has 2 aliphatic rings. The van der Waals surface area contributed by atoms with Gasteiger partial charge in [0.25, 0.3) is 0 Å². The fraction of sp³-hybridized carbons (Fsp3) is 0.889. The summed E-state index contributed by atoms with van der Waals surface area (Å²) in [6.07, 6.45) is -1.68. The van der Waals surface area contributed by atoms with Crippen molar-refractivity contribution in [1.29, 1.82) is 0 Å². The summed E-state index contributed by atoms with van der Waals surface area (Å²) in [4.78, 5) is 13.3. The van der Waals surface area contributed by atoms with Gasteiger partial charge in [-0.05, 0) is 0 Å². The van der Waals surface area contributed by atoms with Crippen LogP contribution in [0.1, 0.15) is 0 Å². The molecule has 0 spiro atoms. The maximum absolute atomic E-state index is 11.9. The molecule has 4 atom stereocenters. The zero-order valence-corrected chi connectivity index (χ0v) is 8.37. The Bertz CT molecular complexity index is 250. The standard InChI is InChI=1S/C9H16N2O4/c10-6-4-15-3-5(6)9(14)11-1-7(12)8(13)2-11/h5-8,12-13H,1-4,10H2/t5?,6?,7-,8+. The number of nitrogens with zero attached hydrogens (tertiary/aromatic N) is 1. The van der Waals surface area contributed by atoms with Gasteiger partial charge in [0.2, 0.25) is 5.91 Å². The number of β-amino-alcohol motifs (C(OH)–C–C–N with tert-alkyl or cyclic N) is 2. The monoisotopic (exact) mass is 216 g/mol. The molecular weight excluding hydrogens is 200 g/mol. The van der Waals surface area contributed by atoms with Crippen LogP contribution in [0.15, 0.2) is 0 Å². The molecule has 2 rings (SSSR count). The van der Waals surface area contributed by atoms with Crippen molar-refractivity contribution < 1.29 is 19.7 Å². The smallest absolute Gasteiger partial charge is 0.229 e. The van der Waals surface area contributed by atoms with Crippen molar-refractivity contribution >= 4 is 5.91 Å². The minimum atomic E-state index is -0.840. The molecule has 2 heterocycles. The van der Waals surface area contributed by atoms with E-state index in [2.05, 4.69) is 0 Å². The summed E-state index contributed by atoms with van der Waals surface area (Å²) in [7, 11) is 0. The summed E-state index contributed by atoms with van der Waals surface area (Å²) < 4.78 is 5.11. The van der Waals surface area contributed by atoms with Gasteiger partial charge >= 0.3 is 0 Å².